The van der Waals surface area contributed by atoms with Gasteiger partial charge in [-0.25, -0.2) is 0 Å². The molecule has 0 aromatic heterocycles. The van der Waals surface area contributed by atoms with Gasteiger partial charge < -0.3 is 10.6 Å². The highest BCUT2D eigenvalue weighted by atomic mass is 15.1. The maximum atomic E-state index is 6.30. The van der Waals surface area contributed by atoms with Gasteiger partial charge in [0, 0.05) is 18.6 Å². The Hall–Kier alpha value is -0.0800. The molecule has 0 spiro atoms. The lowest BCUT2D eigenvalue weighted by Gasteiger charge is -2.32. The summed E-state index contributed by atoms with van der Waals surface area (Å²) in [7, 11) is 2.21. The third-order valence-electron chi connectivity index (χ3n) is 4.10. The summed E-state index contributed by atoms with van der Waals surface area (Å²) in [4.78, 5) is 2.42. The molecule has 1 fully saturated rings. The van der Waals surface area contributed by atoms with Gasteiger partial charge >= 0.3 is 0 Å². The first-order valence-corrected chi connectivity index (χ1v) is 6.61. The molecule has 0 bridgehead atoms. The molecule has 1 rings (SSSR count). The van der Waals surface area contributed by atoms with E-state index in [2.05, 4.69) is 25.8 Å². The zero-order valence-corrected chi connectivity index (χ0v) is 10.7. The number of hydrogen-bond acceptors (Lipinski definition) is 2. The highest BCUT2D eigenvalue weighted by molar-refractivity contribution is 4.79. The van der Waals surface area contributed by atoms with E-state index in [1.54, 1.807) is 0 Å². The Balaban J connectivity index is 2.29. The standard InChI is InChI=1S/C13H28N2/c1-4-11(2)15(3)10-13(14)12-8-6-5-7-9-12/h11-13H,4-10,14H2,1-3H3. The van der Waals surface area contributed by atoms with Gasteiger partial charge in [-0.15, -0.1) is 0 Å². The van der Waals surface area contributed by atoms with Crippen molar-refractivity contribution in [2.24, 2.45) is 11.7 Å². The van der Waals surface area contributed by atoms with E-state index in [-0.39, 0.29) is 0 Å². The van der Waals surface area contributed by atoms with Gasteiger partial charge in [-0.05, 0) is 39.2 Å². The van der Waals surface area contributed by atoms with E-state index < -0.39 is 0 Å². The van der Waals surface area contributed by atoms with E-state index in [0.717, 1.165) is 12.5 Å². The molecule has 0 heterocycles. The molecule has 1 saturated carbocycles. The van der Waals surface area contributed by atoms with Crippen LogP contribution in [0.2, 0.25) is 0 Å². The highest BCUT2D eigenvalue weighted by Gasteiger charge is 2.22. The number of nitrogens with zero attached hydrogens (tertiary/aromatic N) is 1. The molecule has 0 aromatic carbocycles. The molecular formula is C13H28N2. The lowest BCUT2D eigenvalue weighted by molar-refractivity contribution is 0.194. The van der Waals surface area contributed by atoms with Crippen molar-refractivity contribution in [2.45, 2.75) is 64.5 Å². The van der Waals surface area contributed by atoms with Crippen molar-refractivity contribution in [3.8, 4) is 0 Å². The number of rotatable bonds is 5. The Morgan fingerprint density at radius 1 is 1.27 bits per heavy atom. The van der Waals surface area contributed by atoms with Crippen molar-refractivity contribution in [1.82, 2.24) is 4.90 Å². The van der Waals surface area contributed by atoms with Crippen molar-refractivity contribution in [1.29, 1.82) is 0 Å². The predicted molar refractivity (Wildman–Crippen MR) is 66.9 cm³/mol. The average molecular weight is 212 g/mol. The quantitative estimate of drug-likeness (QED) is 0.759. The number of likely N-dealkylation sites (N-methyl/N-ethyl adjacent to an activating group) is 1. The number of nitrogens with two attached hydrogens (primary N) is 1. The average Bonchev–Trinajstić information content (AvgIpc) is 2.29. The van der Waals surface area contributed by atoms with Gasteiger partial charge in [0.2, 0.25) is 0 Å². The zero-order valence-electron chi connectivity index (χ0n) is 10.7. The van der Waals surface area contributed by atoms with Crippen LogP contribution < -0.4 is 5.73 Å². The van der Waals surface area contributed by atoms with E-state index in [4.69, 9.17) is 5.73 Å². The molecule has 0 amide bonds. The maximum absolute atomic E-state index is 6.30. The van der Waals surface area contributed by atoms with Crippen LogP contribution in [0.5, 0.6) is 0 Å². The van der Waals surface area contributed by atoms with Crippen LogP contribution in [-0.2, 0) is 0 Å². The van der Waals surface area contributed by atoms with E-state index in [9.17, 15) is 0 Å². The van der Waals surface area contributed by atoms with E-state index in [1.807, 2.05) is 0 Å². The van der Waals surface area contributed by atoms with Gasteiger partial charge in [-0.3, -0.25) is 0 Å². The monoisotopic (exact) mass is 212 g/mol. The Labute approximate surface area is 95.2 Å². The number of hydrogen-bond donors (Lipinski definition) is 1. The summed E-state index contributed by atoms with van der Waals surface area (Å²) in [6.45, 7) is 5.60. The van der Waals surface area contributed by atoms with Gasteiger partial charge in [0.15, 0.2) is 0 Å². The largest absolute Gasteiger partial charge is 0.326 e. The highest BCUT2D eigenvalue weighted by Crippen LogP contribution is 2.26. The molecule has 2 nitrogen and oxygen atoms in total. The van der Waals surface area contributed by atoms with Crippen molar-refractivity contribution in [3.63, 3.8) is 0 Å². The van der Waals surface area contributed by atoms with Crippen LogP contribution in [0.4, 0.5) is 0 Å². The lowest BCUT2D eigenvalue weighted by Crippen LogP contribution is -2.44. The SMILES string of the molecule is CCC(C)N(C)CC(N)C1CCCCC1. The Kier molecular flexibility index (Phi) is 5.62. The van der Waals surface area contributed by atoms with Crippen LogP contribution in [0.15, 0.2) is 0 Å². The smallest absolute Gasteiger partial charge is 0.0196 e. The summed E-state index contributed by atoms with van der Waals surface area (Å²) in [5, 5.41) is 0. The lowest BCUT2D eigenvalue weighted by atomic mass is 9.84. The van der Waals surface area contributed by atoms with Crippen LogP contribution in [0.25, 0.3) is 0 Å². The van der Waals surface area contributed by atoms with E-state index >= 15 is 0 Å². The van der Waals surface area contributed by atoms with Crippen LogP contribution in [-0.4, -0.2) is 30.6 Å². The van der Waals surface area contributed by atoms with Crippen molar-refractivity contribution in [3.05, 3.63) is 0 Å². The minimum absolute atomic E-state index is 0.393. The summed E-state index contributed by atoms with van der Waals surface area (Å²) in [6, 6.07) is 1.06. The predicted octanol–water partition coefficient (Wildman–Crippen LogP) is 2.62. The third-order valence-corrected chi connectivity index (χ3v) is 4.10. The Morgan fingerprint density at radius 3 is 2.40 bits per heavy atom. The fourth-order valence-corrected chi connectivity index (χ4v) is 2.54. The summed E-state index contributed by atoms with van der Waals surface area (Å²) in [5.74, 6) is 0.783. The minimum atomic E-state index is 0.393. The van der Waals surface area contributed by atoms with E-state index in [1.165, 1.54) is 38.5 Å². The minimum Gasteiger partial charge on any atom is -0.326 e. The second-order valence-electron chi connectivity index (χ2n) is 5.26. The maximum Gasteiger partial charge on any atom is 0.0196 e. The molecule has 1 aliphatic rings. The second kappa shape index (κ2) is 6.49. The van der Waals surface area contributed by atoms with Gasteiger partial charge in [-0.2, -0.15) is 0 Å². The first-order valence-electron chi connectivity index (χ1n) is 6.61. The van der Waals surface area contributed by atoms with Gasteiger partial charge in [0.05, 0.1) is 0 Å². The van der Waals surface area contributed by atoms with E-state index in [0.29, 0.717) is 12.1 Å². The fourth-order valence-electron chi connectivity index (χ4n) is 2.54. The first kappa shape index (κ1) is 13.0. The second-order valence-corrected chi connectivity index (χ2v) is 5.26. The Morgan fingerprint density at radius 2 is 1.87 bits per heavy atom. The molecule has 0 radical (unpaired) electrons. The van der Waals surface area contributed by atoms with Crippen molar-refractivity contribution in [2.75, 3.05) is 13.6 Å². The molecule has 2 atom stereocenters. The summed E-state index contributed by atoms with van der Waals surface area (Å²) < 4.78 is 0. The van der Waals surface area contributed by atoms with Crippen molar-refractivity contribution >= 4 is 0 Å². The van der Waals surface area contributed by atoms with Gasteiger partial charge in [0.25, 0.3) is 0 Å². The fraction of sp³-hybridized carbons (Fsp3) is 1.00. The molecule has 90 valence electrons. The van der Waals surface area contributed by atoms with Gasteiger partial charge in [0.1, 0.15) is 0 Å². The third kappa shape index (κ3) is 4.12. The molecule has 2 N–H and O–H groups in total. The summed E-state index contributed by atoms with van der Waals surface area (Å²) in [5.41, 5.74) is 6.30. The molecule has 2 unspecified atom stereocenters. The molecule has 2 heteroatoms. The molecule has 15 heavy (non-hydrogen) atoms. The molecule has 0 saturated heterocycles. The normalized spacial score (nSPS) is 23.0. The van der Waals surface area contributed by atoms with Gasteiger partial charge in [-0.1, -0.05) is 26.2 Å². The molecule has 0 aliphatic heterocycles. The summed E-state index contributed by atoms with van der Waals surface area (Å²) >= 11 is 0. The van der Waals surface area contributed by atoms with Crippen LogP contribution in [0.1, 0.15) is 52.4 Å². The molecule has 0 aromatic rings. The molecule has 1 aliphatic carbocycles. The van der Waals surface area contributed by atoms with Crippen LogP contribution >= 0.6 is 0 Å². The Bertz CT molecular complexity index is 164. The van der Waals surface area contributed by atoms with Crippen LogP contribution in [0, 0.1) is 5.92 Å². The zero-order chi connectivity index (χ0) is 11.3. The first-order chi connectivity index (χ1) is 7.15. The van der Waals surface area contributed by atoms with Crippen molar-refractivity contribution < 1.29 is 0 Å². The topological polar surface area (TPSA) is 29.3 Å². The molecular weight excluding hydrogens is 184 g/mol. The van der Waals surface area contributed by atoms with Crippen LogP contribution in [0.3, 0.4) is 0 Å². The summed E-state index contributed by atoms with van der Waals surface area (Å²) in [6.07, 6.45) is 8.14.